The molecule has 0 saturated carbocycles. The van der Waals surface area contributed by atoms with Crippen LogP contribution in [-0.4, -0.2) is 41.5 Å². The van der Waals surface area contributed by atoms with Crippen LogP contribution >= 0.6 is 11.6 Å². The third-order valence-corrected chi connectivity index (χ3v) is 5.42. The van der Waals surface area contributed by atoms with E-state index in [1.54, 1.807) is 45.0 Å². The van der Waals surface area contributed by atoms with E-state index in [0.717, 1.165) is 0 Å². The molecular weight excluding hydrogens is 486 g/mol. The number of benzene rings is 1. The first-order valence-electron chi connectivity index (χ1n) is 12.0. The topological polar surface area (TPSA) is 101 Å². The minimum Gasteiger partial charge on any atom is -0.490 e. The van der Waals surface area contributed by atoms with Gasteiger partial charge in [-0.15, -0.1) is 0 Å². The van der Waals surface area contributed by atoms with Crippen molar-refractivity contribution in [3.05, 3.63) is 47.2 Å². The van der Waals surface area contributed by atoms with Gasteiger partial charge in [0.15, 0.2) is 17.2 Å². The van der Waals surface area contributed by atoms with E-state index in [1.807, 2.05) is 13.8 Å². The van der Waals surface area contributed by atoms with Crippen molar-refractivity contribution in [2.75, 3.05) is 6.61 Å². The highest BCUT2D eigenvalue weighted by molar-refractivity contribution is 6.30. The van der Waals surface area contributed by atoms with Gasteiger partial charge >= 0.3 is 11.9 Å². The van der Waals surface area contributed by atoms with Gasteiger partial charge in [-0.25, -0.2) is 4.98 Å². The van der Waals surface area contributed by atoms with Crippen LogP contribution in [0.5, 0.6) is 17.2 Å². The molecular formula is C27H34ClNO7. The van der Waals surface area contributed by atoms with E-state index in [9.17, 15) is 14.4 Å². The van der Waals surface area contributed by atoms with Gasteiger partial charge in [-0.05, 0) is 44.4 Å². The van der Waals surface area contributed by atoms with Gasteiger partial charge in [-0.2, -0.15) is 0 Å². The third kappa shape index (κ3) is 8.82. The molecule has 0 radical (unpaired) electrons. The number of Topliss-reactive ketones (excluding diaryl/α,β-unsaturated/α-hetero) is 1. The van der Waals surface area contributed by atoms with Crippen LogP contribution in [0.25, 0.3) is 0 Å². The van der Waals surface area contributed by atoms with Crippen LogP contribution < -0.4 is 14.2 Å². The lowest BCUT2D eigenvalue weighted by Gasteiger charge is -2.27. The molecule has 2 rings (SSSR count). The van der Waals surface area contributed by atoms with Crippen molar-refractivity contribution in [1.29, 1.82) is 0 Å². The Morgan fingerprint density at radius 2 is 1.81 bits per heavy atom. The number of halogens is 1. The zero-order valence-electron chi connectivity index (χ0n) is 21.6. The quantitative estimate of drug-likeness (QED) is 0.245. The van der Waals surface area contributed by atoms with Gasteiger partial charge in [-0.3, -0.25) is 14.4 Å². The van der Waals surface area contributed by atoms with Crippen molar-refractivity contribution in [3.63, 3.8) is 0 Å². The van der Waals surface area contributed by atoms with Crippen LogP contribution in [-0.2, 0) is 14.3 Å². The zero-order chi connectivity index (χ0) is 26.8. The largest absolute Gasteiger partial charge is 0.490 e. The first-order valence-corrected chi connectivity index (χ1v) is 12.4. The standard InChI is InChI=1S/C27H34ClNO7/c1-7-33-23-11-12-29-25(26(23)35-19(6)30)22(31)14-17(4)27(32)34-18(5)24(13-16(2)3)36-21-10-8-9-20(28)15-21/h8-12,15-18,24H,7,13-14H2,1-6H3/t17-,18+,24-/m1/s1. The Labute approximate surface area is 217 Å². The van der Waals surface area contributed by atoms with E-state index in [-0.39, 0.29) is 29.5 Å². The molecule has 0 bridgehead atoms. The highest BCUT2D eigenvalue weighted by Crippen LogP contribution is 2.32. The molecule has 2 aromatic rings. The van der Waals surface area contributed by atoms with Gasteiger partial charge < -0.3 is 18.9 Å². The van der Waals surface area contributed by atoms with Gasteiger partial charge in [0.25, 0.3) is 0 Å². The fourth-order valence-electron chi connectivity index (χ4n) is 3.49. The molecule has 0 unspecified atom stereocenters. The normalized spacial score (nSPS) is 13.4. The summed E-state index contributed by atoms with van der Waals surface area (Å²) >= 11 is 6.07. The first-order chi connectivity index (χ1) is 17.0. The van der Waals surface area contributed by atoms with Gasteiger partial charge in [0.05, 0.1) is 12.5 Å². The maximum absolute atomic E-state index is 13.0. The fourth-order valence-corrected chi connectivity index (χ4v) is 3.67. The lowest BCUT2D eigenvalue weighted by atomic mass is 10.0. The smallest absolute Gasteiger partial charge is 0.309 e. The maximum Gasteiger partial charge on any atom is 0.309 e. The minimum atomic E-state index is -0.770. The lowest BCUT2D eigenvalue weighted by molar-refractivity contribution is -0.157. The van der Waals surface area contributed by atoms with Gasteiger partial charge in [0.2, 0.25) is 5.75 Å². The van der Waals surface area contributed by atoms with Crippen molar-refractivity contribution in [2.45, 2.75) is 66.6 Å². The molecule has 1 aromatic heterocycles. The van der Waals surface area contributed by atoms with E-state index in [0.29, 0.717) is 23.8 Å². The number of ketones is 1. The van der Waals surface area contributed by atoms with Crippen molar-refractivity contribution in [2.24, 2.45) is 11.8 Å². The number of carbonyl (C=O) groups is 3. The van der Waals surface area contributed by atoms with Gasteiger partial charge in [-0.1, -0.05) is 38.4 Å². The Kier molecular flexibility index (Phi) is 11.2. The second-order valence-corrected chi connectivity index (χ2v) is 9.36. The van der Waals surface area contributed by atoms with Crippen LogP contribution in [0.3, 0.4) is 0 Å². The Morgan fingerprint density at radius 1 is 1.08 bits per heavy atom. The van der Waals surface area contributed by atoms with Crippen molar-refractivity contribution in [1.82, 2.24) is 4.98 Å². The van der Waals surface area contributed by atoms with Crippen molar-refractivity contribution in [3.8, 4) is 17.2 Å². The number of carbonyl (C=O) groups excluding carboxylic acids is 3. The predicted octanol–water partition coefficient (Wildman–Crippen LogP) is 5.69. The van der Waals surface area contributed by atoms with E-state index in [2.05, 4.69) is 4.98 Å². The monoisotopic (exact) mass is 519 g/mol. The predicted molar refractivity (Wildman–Crippen MR) is 136 cm³/mol. The highest BCUT2D eigenvalue weighted by Gasteiger charge is 2.29. The Hall–Kier alpha value is -3.13. The van der Waals surface area contributed by atoms with Crippen molar-refractivity contribution < 1.29 is 33.3 Å². The Balaban J connectivity index is 2.11. The summed E-state index contributed by atoms with van der Waals surface area (Å²) in [4.78, 5) is 41.5. The van der Waals surface area contributed by atoms with Crippen molar-refractivity contribution >= 4 is 29.3 Å². The molecule has 0 aliphatic carbocycles. The molecule has 36 heavy (non-hydrogen) atoms. The number of esters is 2. The van der Waals surface area contributed by atoms with Gasteiger partial charge in [0, 0.05) is 30.6 Å². The SMILES string of the molecule is CCOc1ccnc(C(=O)C[C@@H](C)C(=O)O[C@@H](C)[C@@H](CC(C)C)Oc2cccc(Cl)c2)c1OC(C)=O. The number of nitrogens with zero attached hydrogens (tertiary/aromatic N) is 1. The van der Waals surface area contributed by atoms with Crippen LogP contribution in [0.2, 0.25) is 5.02 Å². The molecule has 0 spiro atoms. The highest BCUT2D eigenvalue weighted by atomic mass is 35.5. The molecule has 0 saturated heterocycles. The van der Waals surface area contributed by atoms with E-state index in [1.165, 1.54) is 19.2 Å². The molecule has 0 fully saturated rings. The second kappa shape index (κ2) is 13.8. The van der Waals surface area contributed by atoms with Crippen LogP contribution in [0, 0.1) is 11.8 Å². The maximum atomic E-state index is 13.0. The lowest BCUT2D eigenvalue weighted by Crippen LogP contribution is -2.36. The Bertz CT molecular complexity index is 1060. The number of ether oxygens (including phenoxy) is 4. The third-order valence-electron chi connectivity index (χ3n) is 5.18. The summed E-state index contributed by atoms with van der Waals surface area (Å²) in [6.45, 7) is 10.7. The average Bonchev–Trinajstić information content (AvgIpc) is 2.79. The summed E-state index contributed by atoms with van der Waals surface area (Å²) in [5.41, 5.74) is -0.0779. The number of hydrogen-bond acceptors (Lipinski definition) is 8. The summed E-state index contributed by atoms with van der Waals surface area (Å²) in [5.74, 6) is -1.37. The Morgan fingerprint density at radius 3 is 2.42 bits per heavy atom. The van der Waals surface area contributed by atoms with E-state index < -0.39 is 35.8 Å². The zero-order valence-corrected chi connectivity index (χ0v) is 22.3. The van der Waals surface area contributed by atoms with E-state index in [4.69, 9.17) is 30.5 Å². The number of hydrogen-bond donors (Lipinski definition) is 0. The molecule has 0 N–H and O–H groups in total. The molecule has 3 atom stereocenters. The summed E-state index contributed by atoms with van der Waals surface area (Å²) in [6.07, 6.45) is 0.864. The van der Waals surface area contributed by atoms with Gasteiger partial charge in [0.1, 0.15) is 18.0 Å². The summed E-state index contributed by atoms with van der Waals surface area (Å²) in [7, 11) is 0. The van der Waals surface area contributed by atoms with Crippen LogP contribution in [0.4, 0.5) is 0 Å². The molecule has 8 nitrogen and oxygen atoms in total. The molecule has 1 heterocycles. The first kappa shape index (κ1) is 29.1. The molecule has 196 valence electrons. The summed E-state index contributed by atoms with van der Waals surface area (Å²) in [5, 5.41) is 0.544. The minimum absolute atomic E-state index is 0.0577. The summed E-state index contributed by atoms with van der Waals surface area (Å²) in [6, 6.07) is 8.54. The fraction of sp³-hybridized carbons (Fsp3) is 0.481. The van der Waals surface area contributed by atoms with Crippen LogP contribution in [0.15, 0.2) is 36.5 Å². The van der Waals surface area contributed by atoms with Crippen LogP contribution in [0.1, 0.15) is 64.9 Å². The average molecular weight is 520 g/mol. The van der Waals surface area contributed by atoms with E-state index >= 15 is 0 Å². The number of rotatable bonds is 13. The molecule has 0 aliphatic heterocycles. The number of aromatic nitrogens is 1. The molecule has 0 amide bonds. The molecule has 0 aliphatic rings. The second-order valence-electron chi connectivity index (χ2n) is 8.93. The summed E-state index contributed by atoms with van der Waals surface area (Å²) < 4.78 is 22.4. The molecule has 9 heteroatoms. The number of pyridine rings is 1. The molecule has 1 aromatic carbocycles.